The SMILES string of the molecule is CC1(C(=O)N2C3CCC2CC(CC(=O)O)C3)CCCNC1. The molecule has 3 atom stereocenters. The number of aliphatic carboxylic acids is 1. The third-order valence-corrected chi connectivity index (χ3v) is 5.64. The fourth-order valence-electron chi connectivity index (χ4n) is 4.59. The van der Waals surface area contributed by atoms with Gasteiger partial charge < -0.3 is 15.3 Å². The number of hydrogen-bond donors (Lipinski definition) is 2. The maximum Gasteiger partial charge on any atom is 0.303 e. The summed E-state index contributed by atoms with van der Waals surface area (Å²) < 4.78 is 0. The van der Waals surface area contributed by atoms with Crippen molar-refractivity contribution in [2.24, 2.45) is 11.3 Å². The zero-order valence-corrected chi connectivity index (χ0v) is 12.8. The maximum absolute atomic E-state index is 13.0. The fraction of sp³-hybridized carbons (Fsp3) is 0.875. The largest absolute Gasteiger partial charge is 0.481 e. The summed E-state index contributed by atoms with van der Waals surface area (Å²) in [5.41, 5.74) is -0.265. The summed E-state index contributed by atoms with van der Waals surface area (Å²) in [7, 11) is 0. The summed E-state index contributed by atoms with van der Waals surface area (Å²) in [4.78, 5) is 26.1. The number of fused-ring (bicyclic) bond motifs is 2. The van der Waals surface area contributed by atoms with Crippen molar-refractivity contribution in [2.75, 3.05) is 13.1 Å². The molecule has 2 bridgehead atoms. The molecular weight excluding hydrogens is 268 g/mol. The van der Waals surface area contributed by atoms with Crippen molar-refractivity contribution in [2.45, 2.75) is 64.0 Å². The van der Waals surface area contributed by atoms with Gasteiger partial charge in [0.25, 0.3) is 0 Å². The first-order valence-corrected chi connectivity index (χ1v) is 8.25. The number of amides is 1. The predicted molar refractivity (Wildman–Crippen MR) is 78.8 cm³/mol. The van der Waals surface area contributed by atoms with Crippen molar-refractivity contribution in [1.82, 2.24) is 10.2 Å². The van der Waals surface area contributed by atoms with Gasteiger partial charge in [-0.05, 0) is 57.9 Å². The molecule has 0 aliphatic carbocycles. The molecule has 1 amide bonds. The Labute approximate surface area is 126 Å². The quantitative estimate of drug-likeness (QED) is 0.830. The van der Waals surface area contributed by atoms with Gasteiger partial charge in [0.2, 0.25) is 5.91 Å². The molecule has 3 aliphatic heterocycles. The topological polar surface area (TPSA) is 69.6 Å². The molecule has 3 aliphatic rings. The molecule has 0 aromatic heterocycles. The van der Waals surface area contributed by atoms with Crippen LogP contribution in [-0.4, -0.2) is 47.1 Å². The molecule has 3 unspecified atom stereocenters. The van der Waals surface area contributed by atoms with Crippen molar-refractivity contribution >= 4 is 11.9 Å². The highest BCUT2D eigenvalue weighted by Crippen LogP contribution is 2.43. The number of carbonyl (C=O) groups excluding carboxylic acids is 1. The lowest BCUT2D eigenvalue weighted by atomic mass is 9.79. The van der Waals surface area contributed by atoms with Crippen LogP contribution in [0.5, 0.6) is 0 Å². The second kappa shape index (κ2) is 5.59. The molecule has 21 heavy (non-hydrogen) atoms. The van der Waals surface area contributed by atoms with Crippen molar-refractivity contribution in [1.29, 1.82) is 0 Å². The number of carbonyl (C=O) groups is 2. The minimum Gasteiger partial charge on any atom is -0.481 e. The van der Waals surface area contributed by atoms with E-state index in [1.165, 1.54) is 0 Å². The average Bonchev–Trinajstić information content (AvgIpc) is 2.69. The van der Waals surface area contributed by atoms with Crippen molar-refractivity contribution in [3.05, 3.63) is 0 Å². The number of carboxylic acid groups (broad SMARTS) is 1. The summed E-state index contributed by atoms with van der Waals surface area (Å²) in [6, 6.07) is 0.554. The third kappa shape index (κ3) is 2.80. The van der Waals surface area contributed by atoms with Crippen LogP contribution in [0, 0.1) is 11.3 Å². The van der Waals surface area contributed by atoms with E-state index in [9.17, 15) is 9.59 Å². The normalized spacial score (nSPS) is 39.3. The minimum atomic E-state index is -0.706. The van der Waals surface area contributed by atoms with E-state index in [-0.39, 0.29) is 29.8 Å². The van der Waals surface area contributed by atoms with Gasteiger partial charge in [0, 0.05) is 25.0 Å². The van der Waals surface area contributed by atoms with Gasteiger partial charge in [-0.2, -0.15) is 0 Å². The third-order valence-electron chi connectivity index (χ3n) is 5.64. The van der Waals surface area contributed by atoms with E-state index in [1.807, 2.05) is 0 Å². The Hall–Kier alpha value is -1.10. The van der Waals surface area contributed by atoms with Crippen LogP contribution >= 0.6 is 0 Å². The molecule has 3 saturated heterocycles. The standard InChI is InChI=1S/C16H26N2O3/c1-16(5-2-6-17-10-16)15(21)18-12-3-4-13(18)8-11(7-12)9-14(19)20/h11-13,17H,2-10H2,1H3,(H,19,20). The van der Waals surface area contributed by atoms with Gasteiger partial charge in [0.1, 0.15) is 0 Å². The van der Waals surface area contributed by atoms with Crippen molar-refractivity contribution < 1.29 is 14.7 Å². The predicted octanol–water partition coefficient (Wildman–Crippen LogP) is 1.62. The molecule has 118 valence electrons. The molecule has 2 N–H and O–H groups in total. The van der Waals surface area contributed by atoms with Crippen molar-refractivity contribution in [3.8, 4) is 0 Å². The Morgan fingerprint density at radius 2 is 1.95 bits per heavy atom. The highest BCUT2D eigenvalue weighted by molar-refractivity contribution is 5.84. The first-order chi connectivity index (χ1) is 9.99. The van der Waals surface area contributed by atoms with Gasteiger partial charge in [-0.3, -0.25) is 9.59 Å². The Balaban J connectivity index is 1.70. The summed E-state index contributed by atoms with van der Waals surface area (Å²) in [6.07, 6.45) is 6.14. The van der Waals surface area contributed by atoms with E-state index in [0.29, 0.717) is 5.91 Å². The number of rotatable bonds is 3. The highest BCUT2D eigenvalue weighted by Gasteiger charge is 2.48. The molecule has 0 radical (unpaired) electrons. The average molecular weight is 294 g/mol. The lowest BCUT2D eigenvalue weighted by Gasteiger charge is -2.44. The van der Waals surface area contributed by atoms with Gasteiger partial charge >= 0.3 is 5.97 Å². The molecule has 0 aromatic rings. The van der Waals surface area contributed by atoms with Crippen LogP contribution in [0.4, 0.5) is 0 Å². The number of hydrogen-bond acceptors (Lipinski definition) is 3. The van der Waals surface area contributed by atoms with Crippen LogP contribution in [0.1, 0.15) is 51.9 Å². The van der Waals surface area contributed by atoms with Gasteiger partial charge in [-0.1, -0.05) is 0 Å². The van der Waals surface area contributed by atoms with Crippen LogP contribution in [0.3, 0.4) is 0 Å². The maximum atomic E-state index is 13.0. The molecule has 5 nitrogen and oxygen atoms in total. The second-order valence-electron chi connectivity index (χ2n) is 7.37. The highest BCUT2D eigenvalue weighted by atomic mass is 16.4. The summed E-state index contributed by atoms with van der Waals surface area (Å²) in [5, 5.41) is 12.3. The van der Waals surface area contributed by atoms with Crippen LogP contribution in [-0.2, 0) is 9.59 Å². The lowest BCUT2D eigenvalue weighted by Crippen LogP contribution is -2.55. The Kier molecular flexibility index (Phi) is 3.95. The molecule has 3 rings (SSSR count). The summed E-state index contributed by atoms with van der Waals surface area (Å²) in [6.45, 7) is 3.88. The Morgan fingerprint density at radius 3 is 2.48 bits per heavy atom. The summed E-state index contributed by atoms with van der Waals surface area (Å²) in [5.74, 6) is -0.153. The van der Waals surface area contributed by atoms with E-state index >= 15 is 0 Å². The molecule has 3 fully saturated rings. The Bertz CT molecular complexity index is 417. The molecule has 0 saturated carbocycles. The van der Waals surface area contributed by atoms with Crippen LogP contribution in [0.25, 0.3) is 0 Å². The van der Waals surface area contributed by atoms with Gasteiger partial charge in [0.05, 0.1) is 5.41 Å². The van der Waals surface area contributed by atoms with Crippen LogP contribution < -0.4 is 5.32 Å². The fourth-order valence-corrected chi connectivity index (χ4v) is 4.59. The molecule has 5 heteroatoms. The first-order valence-electron chi connectivity index (χ1n) is 8.25. The van der Waals surface area contributed by atoms with Gasteiger partial charge in [-0.25, -0.2) is 0 Å². The Morgan fingerprint density at radius 1 is 1.29 bits per heavy atom. The zero-order chi connectivity index (χ0) is 15.0. The lowest BCUT2D eigenvalue weighted by molar-refractivity contribution is -0.148. The van der Waals surface area contributed by atoms with Gasteiger partial charge in [-0.15, -0.1) is 0 Å². The zero-order valence-electron chi connectivity index (χ0n) is 12.8. The van der Waals surface area contributed by atoms with E-state index in [4.69, 9.17) is 5.11 Å². The number of piperidine rings is 2. The van der Waals surface area contributed by atoms with Crippen LogP contribution in [0.15, 0.2) is 0 Å². The molecular formula is C16H26N2O3. The van der Waals surface area contributed by atoms with Crippen LogP contribution in [0.2, 0.25) is 0 Å². The number of nitrogens with zero attached hydrogens (tertiary/aromatic N) is 1. The summed E-state index contributed by atoms with van der Waals surface area (Å²) >= 11 is 0. The number of carboxylic acids is 1. The van der Waals surface area contributed by atoms with Gasteiger partial charge in [0.15, 0.2) is 0 Å². The molecule has 3 heterocycles. The number of nitrogens with one attached hydrogen (secondary N) is 1. The van der Waals surface area contributed by atoms with E-state index in [2.05, 4.69) is 17.1 Å². The van der Waals surface area contributed by atoms with E-state index in [1.54, 1.807) is 0 Å². The second-order valence-corrected chi connectivity index (χ2v) is 7.37. The van der Waals surface area contributed by atoms with E-state index < -0.39 is 5.97 Å². The minimum absolute atomic E-state index is 0.251. The monoisotopic (exact) mass is 294 g/mol. The molecule has 0 spiro atoms. The van der Waals surface area contributed by atoms with E-state index in [0.717, 1.165) is 51.6 Å². The molecule has 0 aromatic carbocycles. The smallest absolute Gasteiger partial charge is 0.303 e. The first kappa shape index (κ1) is 14.8. The van der Waals surface area contributed by atoms with Crippen molar-refractivity contribution in [3.63, 3.8) is 0 Å².